The first-order chi connectivity index (χ1) is 7.04. The van der Waals surface area contributed by atoms with Gasteiger partial charge in [-0.3, -0.25) is 0 Å². The zero-order valence-electron chi connectivity index (χ0n) is 9.15. The Balaban J connectivity index is 2.24. The molecule has 0 atom stereocenters. The van der Waals surface area contributed by atoms with E-state index in [2.05, 4.69) is 6.92 Å². The second-order valence-electron chi connectivity index (χ2n) is 4.12. The summed E-state index contributed by atoms with van der Waals surface area (Å²) in [7, 11) is -4.08. The monoisotopic (exact) mass is 235 g/mol. The Hall–Kier alpha value is -0.130. The molecule has 0 radical (unpaired) electrons. The fourth-order valence-corrected chi connectivity index (χ4v) is 2.73. The molecular weight excluding hydrogens is 216 g/mol. The fourth-order valence-electron chi connectivity index (χ4n) is 1.88. The zero-order chi connectivity index (χ0) is 11.3. The number of unbranched alkanes of at least 4 members (excludes halogenated alkanes) is 1. The molecule has 0 N–H and O–H groups in total. The van der Waals surface area contributed by atoms with Crippen molar-refractivity contribution >= 4 is 10.1 Å². The lowest BCUT2D eigenvalue weighted by Gasteiger charge is -2.29. The molecule has 0 unspecified atom stereocenters. The van der Waals surface area contributed by atoms with E-state index in [0.29, 0.717) is 25.7 Å². The van der Waals surface area contributed by atoms with E-state index in [1.165, 1.54) is 0 Å². The van der Waals surface area contributed by atoms with Gasteiger partial charge in [0.1, 0.15) is 0 Å². The van der Waals surface area contributed by atoms with Crippen molar-refractivity contribution in [3.05, 3.63) is 0 Å². The van der Waals surface area contributed by atoms with Crippen molar-refractivity contribution in [3.63, 3.8) is 0 Å². The molecule has 0 aliphatic heterocycles. The molecule has 1 aliphatic carbocycles. The number of rotatable bonds is 5. The first kappa shape index (κ1) is 12.9. The van der Waals surface area contributed by atoms with Crippen LogP contribution in [-0.2, 0) is 14.9 Å². The van der Waals surface area contributed by atoms with Crippen LogP contribution in [0.15, 0.2) is 0 Å². The second kappa shape index (κ2) is 5.82. The molecule has 1 rings (SSSR count). The molecular formula is C10H19O4S-. The minimum atomic E-state index is -4.08. The molecule has 90 valence electrons. The van der Waals surface area contributed by atoms with E-state index in [4.69, 9.17) is 4.74 Å². The molecule has 5 heteroatoms. The Morgan fingerprint density at radius 3 is 2.33 bits per heavy atom. The van der Waals surface area contributed by atoms with E-state index in [1.807, 2.05) is 0 Å². The lowest BCUT2D eigenvalue weighted by molar-refractivity contribution is 0.0272. The highest BCUT2D eigenvalue weighted by Gasteiger charge is 2.25. The molecule has 0 spiro atoms. The van der Waals surface area contributed by atoms with Crippen molar-refractivity contribution in [2.45, 2.75) is 56.8 Å². The van der Waals surface area contributed by atoms with Crippen LogP contribution in [0.5, 0.6) is 0 Å². The summed E-state index contributed by atoms with van der Waals surface area (Å²) in [5, 5.41) is -0.677. The Bertz CT molecular complexity index is 265. The van der Waals surface area contributed by atoms with Crippen LogP contribution in [-0.4, -0.2) is 30.9 Å². The van der Waals surface area contributed by atoms with E-state index < -0.39 is 15.4 Å². The van der Waals surface area contributed by atoms with Crippen molar-refractivity contribution in [1.82, 2.24) is 0 Å². The molecule has 0 aromatic rings. The van der Waals surface area contributed by atoms with E-state index in [1.54, 1.807) is 0 Å². The largest absolute Gasteiger partial charge is 0.748 e. The summed E-state index contributed by atoms with van der Waals surface area (Å²) in [4.78, 5) is 0. The minimum absolute atomic E-state index is 0.162. The van der Waals surface area contributed by atoms with Crippen LogP contribution >= 0.6 is 0 Å². The summed E-state index contributed by atoms with van der Waals surface area (Å²) >= 11 is 0. The van der Waals surface area contributed by atoms with Crippen molar-refractivity contribution < 1.29 is 17.7 Å². The molecule has 0 heterocycles. The number of hydrogen-bond donors (Lipinski definition) is 0. The molecule has 15 heavy (non-hydrogen) atoms. The van der Waals surface area contributed by atoms with E-state index >= 15 is 0 Å². The standard InChI is InChI=1S/C10H20O4S/c1-2-3-8-14-9-4-6-10(7-5-9)15(11,12)13/h9-10H,2-8H2,1H3,(H,11,12,13)/p-1. The minimum Gasteiger partial charge on any atom is -0.748 e. The number of hydrogen-bond acceptors (Lipinski definition) is 4. The molecule has 4 nitrogen and oxygen atoms in total. The van der Waals surface area contributed by atoms with Gasteiger partial charge >= 0.3 is 0 Å². The van der Waals surface area contributed by atoms with Gasteiger partial charge in [0, 0.05) is 11.9 Å². The highest BCUT2D eigenvalue weighted by molar-refractivity contribution is 7.86. The Labute approximate surface area is 91.8 Å². The van der Waals surface area contributed by atoms with Crippen LogP contribution in [0.4, 0.5) is 0 Å². The van der Waals surface area contributed by atoms with Gasteiger partial charge in [0.15, 0.2) is 0 Å². The van der Waals surface area contributed by atoms with Crippen molar-refractivity contribution in [2.75, 3.05) is 6.61 Å². The van der Waals surface area contributed by atoms with Crippen molar-refractivity contribution in [3.8, 4) is 0 Å². The maximum atomic E-state index is 10.8. The molecule has 0 saturated heterocycles. The summed E-state index contributed by atoms with van der Waals surface area (Å²) in [5.74, 6) is 0. The summed E-state index contributed by atoms with van der Waals surface area (Å²) < 4.78 is 37.9. The quantitative estimate of drug-likeness (QED) is 0.537. The van der Waals surface area contributed by atoms with E-state index in [9.17, 15) is 13.0 Å². The van der Waals surface area contributed by atoms with Crippen LogP contribution in [0.2, 0.25) is 0 Å². The highest BCUT2D eigenvalue weighted by atomic mass is 32.2. The predicted molar refractivity (Wildman–Crippen MR) is 56.6 cm³/mol. The van der Waals surface area contributed by atoms with Gasteiger partial charge < -0.3 is 9.29 Å². The Morgan fingerprint density at radius 1 is 1.27 bits per heavy atom. The third-order valence-electron chi connectivity index (χ3n) is 2.88. The summed E-state index contributed by atoms with van der Waals surface area (Å²) in [6.45, 7) is 2.85. The van der Waals surface area contributed by atoms with Gasteiger partial charge in [-0.2, -0.15) is 0 Å². The summed E-state index contributed by atoms with van der Waals surface area (Å²) in [5.41, 5.74) is 0. The van der Waals surface area contributed by atoms with Gasteiger partial charge in [-0.1, -0.05) is 13.3 Å². The summed E-state index contributed by atoms with van der Waals surface area (Å²) in [6.07, 6.45) is 4.63. The van der Waals surface area contributed by atoms with Gasteiger partial charge in [-0.25, -0.2) is 8.42 Å². The third kappa shape index (κ3) is 4.49. The van der Waals surface area contributed by atoms with E-state index in [-0.39, 0.29) is 6.10 Å². The molecule has 1 saturated carbocycles. The maximum Gasteiger partial charge on any atom is 0.0975 e. The Kier molecular flexibility index (Phi) is 5.02. The first-order valence-corrected chi connectivity index (χ1v) is 7.07. The number of ether oxygens (including phenoxy) is 1. The Morgan fingerprint density at radius 2 is 1.87 bits per heavy atom. The average Bonchev–Trinajstić information content (AvgIpc) is 2.18. The van der Waals surface area contributed by atoms with Crippen LogP contribution in [0, 0.1) is 0 Å². The lowest BCUT2D eigenvalue weighted by atomic mass is 9.97. The maximum absolute atomic E-state index is 10.8. The van der Waals surface area contributed by atoms with Gasteiger partial charge in [0.2, 0.25) is 0 Å². The summed E-state index contributed by atoms with van der Waals surface area (Å²) in [6, 6.07) is 0. The van der Waals surface area contributed by atoms with Gasteiger partial charge in [0.25, 0.3) is 0 Å². The molecule has 0 aromatic carbocycles. The fraction of sp³-hybridized carbons (Fsp3) is 1.00. The van der Waals surface area contributed by atoms with Gasteiger partial charge in [0.05, 0.1) is 16.2 Å². The van der Waals surface area contributed by atoms with Crippen LogP contribution < -0.4 is 0 Å². The topological polar surface area (TPSA) is 66.4 Å². The SMILES string of the molecule is CCCCOC1CCC(S(=O)(=O)[O-])CC1. The van der Waals surface area contributed by atoms with E-state index in [0.717, 1.165) is 19.4 Å². The first-order valence-electron chi connectivity index (χ1n) is 5.60. The predicted octanol–water partition coefficient (Wildman–Crippen LogP) is 1.66. The van der Waals surface area contributed by atoms with Crippen LogP contribution in [0.3, 0.4) is 0 Å². The third-order valence-corrected chi connectivity index (χ3v) is 4.17. The lowest BCUT2D eigenvalue weighted by Crippen LogP contribution is -2.30. The van der Waals surface area contributed by atoms with Crippen LogP contribution in [0.25, 0.3) is 0 Å². The van der Waals surface area contributed by atoms with Crippen LogP contribution in [0.1, 0.15) is 45.4 Å². The highest BCUT2D eigenvalue weighted by Crippen LogP contribution is 2.25. The van der Waals surface area contributed by atoms with Gasteiger partial charge in [-0.05, 0) is 32.1 Å². The molecule has 1 aliphatic rings. The molecule has 0 bridgehead atoms. The smallest absolute Gasteiger partial charge is 0.0975 e. The molecule has 0 aromatic heterocycles. The van der Waals surface area contributed by atoms with Crippen molar-refractivity contribution in [1.29, 1.82) is 0 Å². The zero-order valence-corrected chi connectivity index (χ0v) is 9.96. The van der Waals surface area contributed by atoms with Crippen molar-refractivity contribution in [2.24, 2.45) is 0 Å². The average molecular weight is 235 g/mol. The molecule has 1 fully saturated rings. The van der Waals surface area contributed by atoms with Gasteiger partial charge in [-0.15, -0.1) is 0 Å². The normalized spacial score (nSPS) is 27.9. The second-order valence-corrected chi connectivity index (χ2v) is 5.77. The molecule has 0 amide bonds.